The Balaban J connectivity index is 1.50. The summed E-state index contributed by atoms with van der Waals surface area (Å²) in [6.45, 7) is 0. The number of hydrogen-bond acceptors (Lipinski definition) is 3. The van der Waals surface area contributed by atoms with Crippen molar-refractivity contribution >= 4 is 35.0 Å². The highest BCUT2D eigenvalue weighted by Crippen LogP contribution is 2.12. The molecule has 0 aliphatic heterocycles. The van der Waals surface area contributed by atoms with Gasteiger partial charge in [0.05, 0.1) is 6.42 Å². The number of halogens is 1. The maximum absolute atomic E-state index is 12.2. The lowest BCUT2D eigenvalue weighted by molar-refractivity contribution is -0.121. The van der Waals surface area contributed by atoms with Crippen LogP contribution in [-0.4, -0.2) is 17.7 Å². The lowest BCUT2D eigenvalue weighted by Crippen LogP contribution is -2.42. The van der Waals surface area contributed by atoms with Crippen molar-refractivity contribution in [1.82, 2.24) is 10.9 Å². The highest BCUT2D eigenvalue weighted by molar-refractivity contribution is 6.30. The van der Waals surface area contributed by atoms with E-state index in [9.17, 15) is 14.4 Å². The van der Waals surface area contributed by atoms with E-state index in [2.05, 4.69) is 16.2 Å². The molecule has 0 saturated carbocycles. The molecular formula is C22H18ClN3O3. The van der Waals surface area contributed by atoms with Gasteiger partial charge in [0.2, 0.25) is 5.91 Å². The molecule has 0 radical (unpaired) electrons. The molecule has 0 heterocycles. The molecule has 0 spiro atoms. The predicted molar refractivity (Wildman–Crippen MR) is 112 cm³/mol. The van der Waals surface area contributed by atoms with Crippen LogP contribution in [0.4, 0.5) is 5.69 Å². The zero-order valence-electron chi connectivity index (χ0n) is 15.3. The number of rotatable bonds is 5. The molecule has 0 atom stereocenters. The Morgan fingerprint density at radius 1 is 0.690 bits per heavy atom. The average Bonchev–Trinajstić information content (AvgIpc) is 2.75. The van der Waals surface area contributed by atoms with Crippen LogP contribution >= 0.6 is 11.6 Å². The summed E-state index contributed by atoms with van der Waals surface area (Å²) < 4.78 is 0. The van der Waals surface area contributed by atoms with Crippen LogP contribution < -0.4 is 16.2 Å². The summed E-state index contributed by atoms with van der Waals surface area (Å²) in [5, 5.41) is 3.34. The van der Waals surface area contributed by atoms with Crippen molar-refractivity contribution in [2.75, 3.05) is 5.32 Å². The molecule has 3 N–H and O–H groups in total. The largest absolute Gasteiger partial charge is 0.322 e. The maximum atomic E-state index is 12.2. The Kier molecular flexibility index (Phi) is 6.60. The second kappa shape index (κ2) is 9.52. The minimum Gasteiger partial charge on any atom is -0.322 e. The summed E-state index contributed by atoms with van der Waals surface area (Å²) in [6.07, 6.45) is 0.113. The van der Waals surface area contributed by atoms with Crippen LogP contribution in [0.1, 0.15) is 26.3 Å². The van der Waals surface area contributed by atoms with Crippen molar-refractivity contribution in [1.29, 1.82) is 0 Å². The average molecular weight is 408 g/mol. The van der Waals surface area contributed by atoms with Gasteiger partial charge in [0.15, 0.2) is 0 Å². The highest BCUT2D eigenvalue weighted by Gasteiger charge is 2.09. The molecular weight excluding hydrogens is 390 g/mol. The number of carbonyl (C=O) groups excluding carboxylic acids is 3. The summed E-state index contributed by atoms with van der Waals surface area (Å²) in [5.41, 5.74) is 6.95. The standard InChI is InChI=1S/C22H18ClN3O3/c23-18-10-6-15(7-11-18)14-20(27)25-26-22(29)17-8-12-19(13-9-17)24-21(28)16-4-2-1-3-5-16/h1-13H,14H2,(H,24,28)(H,25,27)(H,26,29). The van der Waals surface area contributed by atoms with Crippen LogP contribution in [0.2, 0.25) is 5.02 Å². The molecule has 3 rings (SSSR count). The fraction of sp³-hybridized carbons (Fsp3) is 0.0455. The summed E-state index contributed by atoms with van der Waals surface area (Å²) in [6, 6.07) is 22.0. The van der Waals surface area contributed by atoms with Gasteiger partial charge in [-0.1, -0.05) is 41.9 Å². The zero-order valence-corrected chi connectivity index (χ0v) is 16.1. The SMILES string of the molecule is O=C(Cc1ccc(Cl)cc1)NNC(=O)c1ccc(NC(=O)c2ccccc2)cc1. The van der Waals surface area contributed by atoms with Crippen molar-refractivity contribution in [2.45, 2.75) is 6.42 Å². The quantitative estimate of drug-likeness (QED) is 0.565. The maximum Gasteiger partial charge on any atom is 0.269 e. The summed E-state index contributed by atoms with van der Waals surface area (Å²) in [4.78, 5) is 36.2. The molecule has 146 valence electrons. The smallest absolute Gasteiger partial charge is 0.269 e. The third-order valence-corrected chi connectivity index (χ3v) is 4.29. The Morgan fingerprint density at radius 3 is 1.97 bits per heavy atom. The molecule has 3 aromatic carbocycles. The summed E-state index contributed by atoms with van der Waals surface area (Å²) in [7, 11) is 0. The fourth-order valence-corrected chi connectivity index (χ4v) is 2.65. The van der Waals surface area contributed by atoms with Crippen LogP contribution in [0.5, 0.6) is 0 Å². The molecule has 0 aliphatic rings. The van der Waals surface area contributed by atoms with E-state index >= 15 is 0 Å². The lowest BCUT2D eigenvalue weighted by Gasteiger charge is -2.09. The van der Waals surface area contributed by atoms with Gasteiger partial charge in [-0.05, 0) is 54.1 Å². The monoisotopic (exact) mass is 407 g/mol. The Bertz CT molecular complexity index is 1000. The molecule has 0 saturated heterocycles. The molecule has 0 fully saturated rings. The van der Waals surface area contributed by atoms with Crippen LogP contribution in [0, 0.1) is 0 Å². The van der Waals surface area contributed by atoms with E-state index in [1.54, 1.807) is 72.8 Å². The Hall–Kier alpha value is -3.64. The first kappa shape index (κ1) is 20.1. The molecule has 7 heteroatoms. The molecule has 0 unspecified atom stereocenters. The number of anilines is 1. The first-order valence-electron chi connectivity index (χ1n) is 8.81. The first-order chi connectivity index (χ1) is 14.0. The van der Waals surface area contributed by atoms with Gasteiger partial charge in [-0.15, -0.1) is 0 Å². The molecule has 0 aliphatic carbocycles. The minimum atomic E-state index is -0.463. The fourth-order valence-electron chi connectivity index (χ4n) is 2.53. The topological polar surface area (TPSA) is 87.3 Å². The van der Waals surface area contributed by atoms with E-state index in [1.165, 1.54) is 0 Å². The van der Waals surface area contributed by atoms with Crippen molar-refractivity contribution in [3.8, 4) is 0 Å². The van der Waals surface area contributed by atoms with Crippen LogP contribution in [0.3, 0.4) is 0 Å². The third kappa shape index (κ3) is 5.92. The molecule has 0 aromatic heterocycles. The van der Waals surface area contributed by atoms with Crippen LogP contribution in [0.25, 0.3) is 0 Å². The summed E-state index contributed by atoms with van der Waals surface area (Å²) >= 11 is 5.81. The van der Waals surface area contributed by atoms with Crippen molar-refractivity contribution in [3.05, 3.63) is 101 Å². The number of hydrazine groups is 1. The number of nitrogens with one attached hydrogen (secondary N) is 3. The molecule has 29 heavy (non-hydrogen) atoms. The number of hydrogen-bond donors (Lipinski definition) is 3. The van der Waals surface area contributed by atoms with Crippen molar-refractivity contribution in [2.24, 2.45) is 0 Å². The van der Waals surface area contributed by atoms with Gasteiger partial charge in [-0.3, -0.25) is 25.2 Å². The van der Waals surface area contributed by atoms with E-state index < -0.39 is 5.91 Å². The Morgan fingerprint density at radius 2 is 1.31 bits per heavy atom. The van der Waals surface area contributed by atoms with Gasteiger partial charge < -0.3 is 5.32 Å². The highest BCUT2D eigenvalue weighted by atomic mass is 35.5. The molecule has 6 nitrogen and oxygen atoms in total. The van der Waals surface area contributed by atoms with E-state index in [4.69, 9.17) is 11.6 Å². The van der Waals surface area contributed by atoms with E-state index in [-0.39, 0.29) is 18.2 Å². The third-order valence-electron chi connectivity index (χ3n) is 4.03. The first-order valence-corrected chi connectivity index (χ1v) is 9.19. The number of carbonyl (C=O) groups is 3. The number of amides is 3. The van der Waals surface area contributed by atoms with Crippen molar-refractivity contribution < 1.29 is 14.4 Å². The second-order valence-corrected chi connectivity index (χ2v) is 6.64. The molecule has 3 amide bonds. The summed E-state index contributed by atoms with van der Waals surface area (Å²) in [5.74, 6) is -1.06. The van der Waals surface area contributed by atoms with Crippen molar-refractivity contribution in [3.63, 3.8) is 0 Å². The Labute approximate surface area is 172 Å². The van der Waals surface area contributed by atoms with Gasteiger partial charge >= 0.3 is 0 Å². The minimum absolute atomic E-state index is 0.113. The number of benzene rings is 3. The lowest BCUT2D eigenvalue weighted by atomic mass is 10.1. The van der Waals surface area contributed by atoms with Gasteiger partial charge in [-0.2, -0.15) is 0 Å². The van der Waals surface area contributed by atoms with Crippen LogP contribution in [-0.2, 0) is 11.2 Å². The normalized spacial score (nSPS) is 10.1. The van der Waals surface area contributed by atoms with Gasteiger partial charge in [0.25, 0.3) is 11.8 Å². The second-order valence-electron chi connectivity index (χ2n) is 6.20. The molecule has 0 bridgehead atoms. The van der Waals surface area contributed by atoms with Gasteiger partial charge in [0, 0.05) is 21.8 Å². The van der Waals surface area contributed by atoms with Crippen LogP contribution in [0.15, 0.2) is 78.9 Å². The van der Waals surface area contributed by atoms with E-state index in [1.807, 2.05) is 6.07 Å². The zero-order chi connectivity index (χ0) is 20.6. The molecule has 3 aromatic rings. The predicted octanol–water partition coefficient (Wildman–Crippen LogP) is 3.60. The van der Waals surface area contributed by atoms with E-state index in [0.717, 1.165) is 5.56 Å². The van der Waals surface area contributed by atoms with Gasteiger partial charge in [-0.25, -0.2) is 0 Å². The van der Waals surface area contributed by atoms with Gasteiger partial charge in [0.1, 0.15) is 0 Å². The van der Waals surface area contributed by atoms with E-state index in [0.29, 0.717) is 21.8 Å².